The highest BCUT2D eigenvalue weighted by atomic mass is 79.9. The summed E-state index contributed by atoms with van der Waals surface area (Å²) in [5.41, 5.74) is 4.14. The van der Waals surface area contributed by atoms with Crippen LogP contribution >= 0.6 is 15.9 Å². The topological polar surface area (TPSA) is 113 Å². The van der Waals surface area contributed by atoms with Gasteiger partial charge in [0.1, 0.15) is 23.8 Å². The van der Waals surface area contributed by atoms with Crippen molar-refractivity contribution in [3.8, 4) is 5.75 Å². The molecule has 0 bridgehead atoms. The number of carboxylic acid groups (broad SMARTS) is 1. The van der Waals surface area contributed by atoms with E-state index in [-0.39, 0.29) is 25.0 Å². The van der Waals surface area contributed by atoms with Crippen LogP contribution in [-0.2, 0) is 29.2 Å². The molecule has 214 valence electrons. The highest BCUT2D eigenvalue weighted by molar-refractivity contribution is 9.10. The molecule has 3 aliphatic rings. The Morgan fingerprint density at radius 1 is 1.15 bits per heavy atom. The third-order valence-corrected chi connectivity index (χ3v) is 9.34. The number of carboxylic acids is 1. The van der Waals surface area contributed by atoms with Crippen LogP contribution in [0.2, 0.25) is 0 Å². The van der Waals surface area contributed by atoms with Crippen LogP contribution in [0.15, 0.2) is 51.5 Å². The van der Waals surface area contributed by atoms with Crippen LogP contribution in [0.3, 0.4) is 0 Å². The van der Waals surface area contributed by atoms with E-state index in [0.717, 1.165) is 34.0 Å². The van der Waals surface area contributed by atoms with Gasteiger partial charge in [-0.3, -0.25) is 14.4 Å². The SMILES string of the molecule is Cc1cc(COc2ccc(Br)c3c2[C@@H](CN2Cc4ccccc4C2=O)N(C(=O)C2CCCCC2C(=O)O)CC3)no1. The molecule has 1 aromatic heterocycles. The first-order chi connectivity index (χ1) is 19.8. The molecule has 1 N–H and O–H groups in total. The number of aliphatic carboxylic acids is 1. The van der Waals surface area contributed by atoms with Crippen LogP contribution in [0.25, 0.3) is 0 Å². The number of halogens is 1. The molecule has 2 amide bonds. The number of carbonyl (C=O) groups is 3. The van der Waals surface area contributed by atoms with E-state index in [1.54, 1.807) is 4.90 Å². The molecule has 0 spiro atoms. The van der Waals surface area contributed by atoms with Gasteiger partial charge >= 0.3 is 5.97 Å². The molecule has 1 aliphatic carbocycles. The molecular weight excluding hydrogens is 590 g/mol. The van der Waals surface area contributed by atoms with E-state index in [4.69, 9.17) is 9.26 Å². The predicted molar refractivity (Wildman–Crippen MR) is 152 cm³/mol. The van der Waals surface area contributed by atoms with Crippen molar-refractivity contribution in [3.63, 3.8) is 0 Å². The molecule has 9 nitrogen and oxygen atoms in total. The first-order valence-corrected chi connectivity index (χ1v) is 14.9. The van der Waals surface area contributed by atoms with E-state index in [2.05, 4.69) is 21.1 Å². The second-order valence-electron chi connectivity index (χ2n) is 11.1. The minimum atomic E-state index is -0.920. The zero-order valence-corrected chi connectivity index (χ0v) is 24.4. The van der Waals surface area contributed by atoms with E-state index in [1.807, 2.05) is 54.3 Å². The summed E-state index contributed by atoms with van der Waals surface area (Å²) in [7, 11) is 0. The Labute approximate surface area is 246 Å². The van der Waals surface area contributed by atoms with Crippen molar-refractivity contribution in [3.05, 3.63) is 80.6 Å². The largest absolute Gasteiger partial charge is 0.487 e. The highest BCUT2D eigenvalue weighted by Gasteiger charge is 2.44. The Bertz CT molecular complexity index is 1500. The van der Waals surface area contributed by atoms with E-state index in [9.17, 15) is 19.5 Å². The lowest BCUT2D eigenvalue weighted by atomic mass is 9.77. The van der Waals surface area contributed by atoms with Gasteiger partial charge in [0.2, 0.25) is 5.91 Å². The third-order valence-electron chi connectivity index (χ3n) is 8.60. The maximum absolute atomic E-state index is 14.2. The first kappa shape index (κ1) is 27.5. The molecule has 3 aromatic rings. The average Bonchev–Trinajstić information content (AvgIpc) is 3.54. The Kier molecular flexibility index (Phi) is 7.59. The molecule has 6 rings (SSSR count). The standard InChI is InChI=1S/C31H32BrN3O6/c1-18-14-20(33-41-18)17-40-27-11-10-25(32)24-12-13-35(30(37)22-8-4-5-9-23(22)31(38)39)26(28(24)27)16-34-15-19-6-2-3-7-21(19)29(34)36/h2-3,6-7,10-11,14,22-23,26H,4-5,8-9,12-13,15-17H2,1H3,(H,38,39)/t22?,23?,26-/m1/s1. The minimum absolute atomic E-state index is 0.0725. The minimum Gasteiger partial charge on any atom is -0.487 e. The highest BCUT2D eigenvalue weighted by Crippen LogP contribution is 2.44. The van der Waals surface area contributed by atoms with Gasteiger partial charge in [0.15, 0.2) is 0 Å². The molecule has 3 heterocycles. The molecule has 0 radical (unpaired) electrons. The van der Waals surface area contributed by atoms with Gasteiger partial charge < -0.3 is 24.2 Å². The fraction of sp³-hybridized carbons (Fsp3) is 0.419. The van der Waals surface area contributed by atoms with Crippen LogP contribution < -0.4 is 4.74 Å². The number of rotatable bonds is 7. The number of aryl methyl sites for hydroxylation is 1. The number of amides is 2. The van der Waals surface area contributed by atoms with Crippen molar-refractivity contribution in [1.29, 1.82) is 0 Å². The monoisotopic (exact) mass is 621 g/mol. The molecule has 2 aromatic carbocycles. The van der Waals surface area contributed by atoms with E-state index in [0.29, 0.717) is 55.1 Å². The predicted octanol–water partition coefficient (Wildman–Crippen LogP) is 5.30. The zero-order valence-electron chi connectivity index (χ0n) is 22.8. The molecule has 41 heavy (non-hydrogen) atoms. The Morgan fingerprint density at radius 2 is 1.93 bits per heavy atom. The number of hydrogen-bond donors (Lipinski definition) is 1. The van der Waals surface area contributed by atoms with Crippen LogP contribution in [0.5, 0.6) is 5.75 Å². The van der Waals surface area contributed by atoms with Crippen LogP contribution in [-0.4, -0.2) is 50.9 Å². The molecule has 10 heteroatoms. The quantitative estimate of drug-likeness (QED) is 0.381. The molecule has 3 atom stereocenters. The van der Waals surface area contributed by atoms with E-state index in [1.165, 1.54) is 0 Å². The van der Waals surface area contributed by atoms with Gasteiger partial charge in [0.05, 0.1) is 17.9 Å². The number of aromatic nitrogens is 1. The lowest BCUT2D eigenvalue weighted by Crippen LogP contribution is -2.50. The summed E-state index contributed by atoms with van der Waals surface area (Å²) in [6.07, 6.45) is 3.26. The van der Waals surface area contributed by atoms with Crippen molar-refractivity contribution >= 4 is 33.7 Å². The number of nitrogens with zero attached hydrogens (tertiary/aromatic N) is 3. The van der Waals surface area contributed by atoms with E-state index < -0.39 is 23.8 Å². The molecular formula is C31H32BrN3O6. The van der Waals surface area contributed by atoms with Crippen molar-refractivity contribution in [2.75, 3.05) is 13.1 Å². The summed E-state index contributed by atoms with van der Waals surface area (Å²) in [4.78, 5) is 43.4. The van der Waals surface area contributed by atoms with Gasteiger partial charge in [-0.15, -0.1) is 0 Å². The van der Waals surface area contributed by atoms with Gasteiger partial charge in [0.25, 0.3) is 5.91 Å². The zero-order chi connectivity index (χ0) is 28.7. The Morgan fingerprint density at radius 3 is 2.66 bits per heavy atom. The number of carbonyl (C=O) groups excluding carboxylic acids is 2. The fourth-order valence-corrected chi connectivity index (χ4v) is 7.15. The second-order valence-corrected chi connectivity index (χ2v) is 12.0. The Balaban J connectivity index is 1.38. The molecule has 2 unspecified atom stereocenters. The summed E-state index contributed by atoms with van der Waals surface area (Å²) in [6.45, 7) is 3.15. The fourth-order valence-electron chi connectivity index (χ4n) is 6.60. The van der Waals surface area contributed by atoms with Gasteiger partial charge in [0, 0.05) is 41.3 Å². The van der Waals surface area contributed by atoms with Gasteiger partial charge in [-0.25, -0.2) is 0 Å². The molecule has 0 saturated heterocycles. The summed E-state index contributed by atoms with van der Waals surface area (Å²) in [6, 6.07) is 12.7. The third kappa shape index (κ3) is 5.25. The molecule has 1 fully saturated rings. The maximum Gasteiger partial charge on any atom is 0.307 e. The normalized spacial score (nSPS) is 21.9. The average molecular weight is 623 g/mol. The summed E-state index contributed by atoms with van der Waals surface area (Å²) in [5, 5.41) is 14.0. The summed E-state index contributed by atoms with van der Waals surface area (Å²) < 4.78 is 12.4. The lowest BCUT2D eigenvalue weighted by Gasteiger charge is -2.43. The van der Waals surface area contributed by atoms with Crippen molar-refractivity contribution in [2.24, 2.45) is 11.8 Å². The molecule has 2 aliphatic heterocycles. The Hall–Kier alpha value is -3.66. The first-order valence-electron chi connectivity index (χ1n) is 14.1. The van der Waals surface area contributed by atoms with Crippen LogP contribution in [0, 0.1) is 18.8 Å². The number of fused-ring (bicyclic) bond motifs is 2. The van der Waals surface area contributed by atoms with Crippen LogP contribution in [0.4, 0.5) is 0 Å². The van der Waals surface area contributed by atoms with Gasteiger partial charge in [-0.1, -0.05) is 52.1 Å². The van der Waals surface area contributed by atoms with Crippen molar-refractivity contribution in [2.45, 2.75) is 58.2 Å². The summed E-state index contributed by atoms with van der Waals surface area (Å²) >= 11 is 3.71. The van der Waals surface area contributed by atoms with Crippen molar-refractivity contribution in [1.82, 2.24) is 15.0 Å². The second kappa shape index (κ2) is 11.3. The maximum atomic E-state index is 14.2. The van der Waals surface area contributed by atoms with Crippen LogP contribution in [0.1, 0.15) is 70.2 Å². The van der Waals surface area contributed by atoms with Gasteiger partial charge in [-0.05, 0) is 55.5 Å². The summed E-state index contributed by atoms with van der Waals surface area (Å²) in [5.74, 6) is -1.16. The lowest BCUT2D eigenvalue weighted by molar-refractivity contribution is -0.153. The number of hydrogen-bond acceptors (Lipinski definition) is 6. The molecule has 1 saturated carbocycles. The van der Waals surface area contributed by atoms with Gasteiger partial charge in [-0.2, -0.15) is 0 Å². The smallest absolute Gasteiger partial charge is 0.307 e. The van der Waals surface area contributed by atoms with Crippen molar-refractivity contribution < 1.29 is 28.8 Å². The number of benzene rings is 2. The van der Waals surface area contributed by atoms with E-state index >= 15 is 0 Å². The number of ether oxygens (including phenoxy) is 1.